The van der Waals surface area contributed by atoms with Crippen molar-refractivity contribution in [2.75, 3.05) is 30.7 Å². The van der Waals surface area contributed by atoms with E-state index in [1.807, 2.05) is 54.2 Å². The maximum Gasteiger partial charge on any atom is 0.276 e. The molecule has 45 heavy (non-hydrogen) atoms. The van der Waals surface area contributed by atoms with E-state index >= 15 is 0 Å². The van der Waals surface area contributed by atoms with E-state index in [-0.39, 0.29) is 23.1 Å². The van der Waals surface area contributed by atoms with Crippen LogP contribution < -0.4 is 31.4 Å². The first-order valence-corrected chi connectivity index (χ1v) is 15.8. The highest BCUT2D eigenvalue weighted by Crippen LogP contribution is 2.33. The lowest BCUT2D eigenvalue weighted by Crippen LogP contribution is -2.76. The van der Waals surface area contributed by atoms with Gasteiger partial charge in [0, 0.05) is 23.6 Å². The van der Waals surface area contributed by atoms with Gasteiger partial charge >= 0.3 is 0 Å². The number of pyridine rings is 1. The van der Waals surface area contributed by atoms with Crippen molar-refractivity contribution in [1.82, 2.24) is 15.4 Å². The Morgan fingerprint density at radius 3 is 2.51 bits per heavy atom. The number of thiazole rings is 1. The van der Waals surface area contributed by atoms with Crippen LogP contribution in [0.1, 0.15) is 26.5 Å². The van der Waals surface area contributed by atoms with Crippen LogP contribution >= 0.6 is 11.3 Å². The summed E-state index contributed by atoms with van der Waals surface area (Å²) in [5, 5.41) is 11.7. The third-order valence-electron chi connectivity index (χ3n) is 6.68. The van der Waals surface area contributed by atoms with Crippen LogP contribution in [0.4, 0.5) is 10.9 Å². The molecule has 1 fully saturated rings. The first-order chi connectivity index (χ1) is 21.2. The van der Waals surface area contributed by atoms with Crippen molar-refractivity contribution >= 4 is 50.2 Å². The van der Waals surface area contributed by atoms with Gasteiger partial charge in [-0.3, -0.25) is 14.9 Å². The minimum absolute atomic E-state index is 0.0809. The standard InChI is InChI=1S/C27H34N8O8S2/c1-16(14-41-19-8-5-17(6-9-19)18-7-10-21(30-12-11-28)34(4)13-18)42-33-22(20-15-44-26(29)31-20)24(36)32-23-25(37)35(27(23,2)3)43-45(38,39)40/h5-10,13,15-16,23H,11-12,14,28H2,1-4H3,(H4,29,31,32,36,38,39,40)/b33-22-. The summed E-state index contributed by atoms with van der Waals surface area (Å²) in [7, 11) is -3.25. The number of hydroxylamine groups is 2. The lowest BCUT2D eigenvalue weighted by molar-refractivity contribution is -0.656. The number of hydrogen-bond donors (Lipinski definition) is 4. The first kappa shape index (κ1) is 33.5. The predicted octanol–water partition coefficient (Wildman–Crippen LogP) is 0.273. The van der Waals surface area contributed by atoms with E-state index < -0.39 is 39.9 Å². The van der Waals surface area contributed by atoms with E-state index in [0.717, 1.165) is 28.3 Å². The molecule has 1 aromatic carbocycles. The van der Waals surface area contributed by atoms with Crippen molar-refractivity contribution in [2.45, 2.75) is 38.5 Å². The molecular weight excluding hydrogens is 628 g/mol. The van der Waals surface area contributed by atoms with E-state index in [2.05, 4.69) is 25.1 Å². The third-order valence-corrected chi connectivity index (χ3v) is 7.68. The molecule has 0 aliphatic carbocycles. The van der Waals surface area contributed by atoms with Gasteiger partial charge in [-0.15, -0.1) is 11.3 Å². The molecule has 3 heterocycles. The molecule has 1 saturated heterocycles. The summed E-state index contributed by atoms with van der Waals surface area (Å²) in [4.78, 5) is 35.2. The molecule has 2 atom stereocenters. The van der Waals surface area contributed by atoms with Gasteiger partial charge in [0.15, 0.2) is 16.9 Å². The van der Waals surface area contributed by atoms with Gasteiger partial charge in [0.1, 0.15) is 24.1 Å². The SMILES string of the molecule is CC(COc1ccc(-c2ccc(NCCN)[n+](C)c2)cc1)O/N=C(\C(=O)NC1C(=O)N(OS(=O)(=O)[O-])C1(C)C)c1csc(N)n1. The molecule has 0 radical (unpaired) electrons. The molecule has 2 unspecified atom stereocenters. The van der Waals surface area contributed by atoms with Gasteiger partial charge in [0.05, 0.1) is 25.3 Å². The Morgan fingerprint density at radius 2 is 1.93 bits per heavy atom. The maximum absolute atomic E-state index is 13.2. The molecule has 4 rings (SSSR count). The number of rotatable bonds is 14. The maximum atomic E-state index is 13.2. The number of amides is 2. The molecular formula is C27H34N8O8S2. The number of carbonyl (C=O) groups is 2. The molecule has 16 nitrogen and oxygen atoms in total. The molecule has 0 spiro atoms. The molecule has 1 aliphatic rings. The Bertz CT molecular complexity index is 1680. The van der Waals surface area contributed by atoms with E-state index in [4.69, 9.17) is 21.0 Å². The molecule has 2 amide bonds. The lowest BCUT2D eigenvalue weighted by Gasteiger charge is -2.51. The van der Waals surface area contributed by atoms with Crippen molar-refractivity contribution in [2.24, 2.45) is 17.9 Å². The molecule has 0 saturated carbocycles. The van der Waals surface area contributed by atoms with Crippen molar-refractivity contribution in [3.8, 4) is 16.9 Å². The van der Waals surface area contributed by atoms with E-state index in [1.54, 1.807) is 6.92 Å². The van der Waals surface area contributed by atoms with E-state index in [0.29, 0.717) is 23.9 Å². The average molecular weight is 663 g/mol. The number of oxime groups is 1. The van der Waals surface area contributed by atoms with E-state index in [9.17, 15) is 22.6 Å². The normalized spacial score (nSPS) is 16.9. The van der Waals surface area contributed by atoms with E-state index in [1.165, 1.54) is 19.2 Å². The smallest absolute Gasteiger partial charge is 0.276 e. The monoisotopic (exact) mass is 662 g/mol. The Morgan fingerprint density at radius 1 is 1.24 bits per heavy atom. The fraction of sp³-hybridized carbons (Fsp3) is 0.370. The summed E-state index contributed by atoms with van der Waals surface area (Å²) >= 11 is 1.06. The first-order valence-electron chi connectivity index (χ1n) is 13.6. The highest BCUT2D eigenvalue weighted by atomic mass is 32.3. The molecule has 242 valence electrons. The van der Waals surface area contributed by atoms with Crippen LogP contribution in [-0.4, -0.2) is 77.9 Å². The zero-order chi connectivity index (χ0) is 32.9. The predicted molar refractivity (Wildman–Crippen MR) is 163 cm³/mol. The molecule has 3 aromatic rings. The highest BCUT2D eigenvalue weighted by Gasteiger charge is 2.57. The number of aryl methyl sites for hydroxylation is 1. The second-order valence-corrected chi connectivity index (χ2v) is 12.4. The Labute approximate surface area is 263 Å². The largest absolute Gasteiger partial charge is 0.724 e. The summed E-state index contributed by atoms with van der Waals surface area (Å²) < 4.78 is 45.0. The van der Waals surface area contributed by atoms with Crippen molar-refractivity contribution < 1.29 is 41.0 Å². The van der Waals surface area contributed by atoms with Gasteiger partial charge in [-0.2, -0.15) is 9.35 Å². The Kier molecular flexibility index (Phi) is 10.2. The second kappa shape index (κ2) is 13.7. The molecule has 2 aromatic heterocycles. The van der Waals surface area contributed by atoms with Crippen molar-refractivity contribution in [3.05, 3.63) is 53.7 Å². The second-order valence-electron chi connectivity index (χ2n) is 10.6. The third kappa shape index (κ3) is 8.22. The van der Waals surface area contributed by atoms with Crippen LogP contribution in [0.25, 0.3) is 11.1 Å². The number of nitrogens with zero attached hydrogens (tertiary/aromatic N) is 4. The number of ether oxygens (including phenoxy) is 1. The van der Waals surface area contributed by atoms with Gasteiger partial charge in [0.25, 0.3) is 17.6 Å². The van der Waals surface area contributed by atoms with Gasteiger partial charge in [-0.25, -0.2) is 18.0 Å². The summed E-state index contributed by atoms with van der Waals surface area (Å²) in [6.45, 7) is 5.79. The van der Waals surface area contributed by atoms with Gasteiger partial charge in [-0.1, -0.05) is 17.3 Å². The van der Waals surface area contributed by atoms with Crippen molar-refractivity contribution in [1.29, 1.82) is 0 Å². The number of β-lactam (4-membered cyclic amide) rings is 1. The number of nitrogen functional groups attached to an aromatic ring is 1. The number of aromatic nitrogens is 2. The number of carbonyl (C=O) groups excluding carboxylic acids is 2. The van der Waals surface area contributed by atoms with Crippen LogP contribution in [-0.2, 0) is 36.2 Å². The number of nitrogens with two attached hydrogens (primary N) is 2. The van der Waals surface area contributed by atoms with Crippen LogP contribution in [0.2, 0.25) is 0 Å². The average Bonchev–Trinajstić information content (AvgIpc) is 3.42. The fourth-order valence-electron chi connectivity index (χ4n) is 4.31. The molecule has 0 bridgehead atoms. The van der Waals surface area contributed by atoms with Crippen LogP contribution in [0.15, 0.2) is 53.1 Å². The summed E-state index contributed by atoms with van der Waals surface area (Å²) in [5.41, 5.74) is 11.8. The lowest BCUT2D eigenvalue weighted by atomic mass is 9.84. The number of benzene rings is 1. The summed E-state index contributed by atoms with van der Waals surface area (Å²) in [5.74, 6) is -0.248. The van der Waals surface area contributed by atoms with Crippen LogP contribution in [0.3, 0.4) is 0 Å². The quantitative estimate of drug-likeness (QED) is 0.0456. The number of hydrogen-bond acceptors (Lipinski definition) is 14. The van der Waals surface area contributed by atoms with Crippen LogP contribution in [0, 0.1) is 0 Å². The number of anilines is 2. The Hall–Kier alpha value is -4.36. The summed E-state index contributed by atoms with van der Waals surface area (Å²) in [6, 6.07) is 10.3. The topological polar surface area (TPSA) is 228 Å². The minimum Gasteiger partial charge on any atom is -0.724 e. The van der Waals surface area contributed by atoms with Gasteiger partial charge < -0.3 is 30.9 Å². The van der Waals surface area contributed by atoms with Gasteiger partial charge in [-0.05, 0) is 44.5 Å². The summed E-state index contributed by atoms with van der Waals surface area (Å²) in [6.07, 6.45) is 1.39. The Balaban J connectivity index is 1.38. The van der Waals surface area contributed by atoms with Crippen molar-refractivity contribution in [3.63, 3.8) is 0 Å². The zero-order valence-electron chi connectivity index (χ0n) is 24.9. The molecule has 1 aliphatic heterocycles. The highest BCUT2D eigenvalue weighted by molar-refractivity contribution is 7.80. The molecule has 6 N–H and O–H groups in total. The van der Waals surface area contributed by atoms with Gasteiger partial charge in [0.2, 0.25) is 10.4 Å². The van der Waals surface area contributed by atoms with Crippen LogP contribution in [0.5, 0.6) is 5.75 Å². The zero-order valence-corrected chi connectivity index (χ0v) is 26.6. The fourth-order valence-corrected chi connectivity index (χ4v) is 5.31. The molecule has 18 heteroatoms. The minimum atomic E-state index is -5.20. The number of nitrogens with one attached hydrogen (secondary N) is 2.